The Labute approximate surface area is 305 Å². The van der Waals surface area contributed by atoms with E-state index in [-0.39, 0.29) is 5.41 Å². The van der Waals surface area contributed by atoms with Crippen LogP contribution in [0.4, 0.5) is 17.1 Å². The highest BCUT2D eigenvalue weighted by Gasteiger charge is 2.37. The van der Waals surface area contributed by atoms with Crippen molar-refractivity contribution in [3.05, 3.63) is 175 Å². The molecule has 0 radical (unpaired) electrons. The van der Waals surface area contributed by atoms with Gasteiger partial charge in [0, 0.05) is 53.4 Å². The molecule has 0 bridgehead atoms. The molecule has 1 aliphatic rings. The lowest BCUT2D eigenvalue weighted by Crippen LogP contribution is -2.16. The molecule has 0 spiro atoms. The maximum absolute atomic E-state index is 6.25. The molecule has 0 atom stereocenters. The average Bonchev–Trinajstić information content (AvgIpc) is 3.82. The lowest BCUT2D eigenvalue weighted by Gasteiger charge is -2.27. The number of hydrogen-bond acceptors (Lipinski definition) is 3. The smallest absolute Gasteiger partial charge is 0.135 e. The van der Waals surface area contributed by atoms with Gasteiger partial charge in [-0.15, -0.1) is 11.3 Å². The summed E-state index contributed by atoms with van der Waals surface area (Å²) in [6.45, 7) is 4.74. The van der Waals surface area contributed by atoms with Crippen LogP contribution in [0.5, 0.6) is 0 Å². The summed E-state index contributed by atoms with van der Waals surface area (Å²) in [5, 5.41) is 7.52. The SMILES string of the molecule is CC1(C)c2ccc(N(c3ccc(-c4ccc5c(c4)sc4ccccc45)cc3)c3ccc4oc5ccccc5c4c3)cc2-c2ccc3ccccc3c21. The number of benzene rings is 8. The second-order valence-electron chi connectivity index (χ2n) is 14.5. The molecule has 0 saturated carbocycles. The Morgan fingerprint density at radius 3 is 2.02 bits per heavy atom. The minimum absolute atomic E-state index is 0.110. The zero-order valence-corrected chi connectivity index (χ0v) is 29.7. The van der Waals surface area contributed by atoms with Crippen LogP contribution in [-0.4, -0.2) is 0 Å². The molecule has 246 valence electrons. The Morgan fingerprint density at radius 1 is 0.462 bits per heavy atom. The van der Waals surface area contributed by atoms with Gasteiger partial charge in [0.2, 0.25) is 0 Å². The van der Waals surface area contributed by atoms with Crippen molar-refractivity contribution in [3.8, 4) is 22.3 Å². The van der Waals surface area contributed by atoms with Crippen LogP contribution in [0.15, 0.2) is 168 Å². The molecule has 0 amide bonds. The maximum Gasteiger partial charge on any atom is 0.135 e. The lowest BCUT2D eigenvalue weighted by atomic mass is 9.80. The first kappa shape index (κ1) is 29.6. The van der Waals surface area contributed by atoms with Gasteiger partial charge in [0.15, 0.2) is 0 Å². The van der Waals surface area contributed by atoms with Crippen molar-refractivity contribution >= 4 is 81.3 Å². The number of anilines is 3. The minimum atomic E-state index is -0.110. The first-order valence-electron chi connectivity index (χ1n) is 17.9. The van der Waals surface area contributed by atoms with E-state index in [1.807, 2.05) is 23.5 Å². The van der Waals surface area contributed by atoms with E-state index in [4.69, 9.17) is 4.42 Å². The van der Waals surface area contributed by atoms with Crippen LogP contribution in [-0.2, 0) is 5.41 Å². The van der Waals surface area contributed by atoms with E-state index in [2.05, 4.69) is 170 Å². The predicted molar refractivity (Wildman–Crippen MR) is 222 cm³/mol. The third-order valence-electron chi connectivity index (χ3n) is 11.2. The van der Waals surface area contributed by atoms with Gasteiger partial charge in [0.25, 0.3) is 0 Å². The van der Waals surface area contributed by atoms with Crippen molar-refractivity contribution in [3.63, 3.8) is 0 Å². The number of thiophene rings is 1. The molecule has 0 N–H and O–H groups in total. The molecular formula is C49H33NOS. The van der Waals surface area contributed by atoms with Crippen molar-refractivity contribution in [2.75, 3.05) is 4.90 Å². The van der Waals surface area contributed by atoms with Gasteiger partial charge in [0.1, 0.15) is 11.2 Å². The Balaban J connectivity index is 1.07. The van der Waals surface area contributed by atoms with Crippen molar-refractivity contribution in [1.29, 1.82) is 0 Å². The normalized spacial score (nSPS) is 13.3. The number of nitrogens with zero attached hydrogens (tertiary/aromatic N) is 1. The summed E-state index contributed by atoms with van der Waals surface area (Å²) in [6.07, 6.45) is 0. The van der Waals surface area contributed by atoms with E-state index in [1.54, 1.807) is 0 Å². The molecule has 2 aromatic heterocycles. The Bertz CT molecular complexity index is 3050. The highest BCUT2D eigenvalue weighted by molar-refractivity contribution is 7.25. The van der Waals surface area contributed by atoms with Crippen molar-refractivity contribution in [2.24, 2.45) is 0 Å². The van der Waals surface area contributed by atoms with E-state index < -0.39 is 0 Å². The van der Waals surface area contributed by atoms with Gasteiger partial charge in [-0.25, -0.2) is 0 Å². The number of furan rings is 1. The summed E-state index contributed by atoms with van der Waals surface area (Å²) in [6, 6.07) is 60.0. The van der Waals surface area contributed by atoms with Gasteiger partial charge in [-0.3, -0.25) is 0 Å². The van der Waals surface area contributed by atoms with Crippen LogP contribution < -0.4 is 4.90 Å². The van der Waals surface area contributed by atoms with Crippen LogP contribution in [0, 0.1) is 0 Å². The fraction of sp³-hybridized carbons (Fsp3) is 0.0612. The van der Waals surface area contributed by atoms with Gasteiger partial charge >= 0.3 is 0 Å². The zero-order chi connectivity index (χ0) is 34.6. The quantitative estimate of drug-likeness (QED) is 0.184. The van der Waals surface area contributed by atoms with E-state index in [0.717, 1.165) is 39.0 Å². The van der Waals surface area contributed by atoms with Crippen LogP contribution in [0.1, 0.15) is 25.0 Å². The molecule has 52 heavy (non-hydrogen) atoms. The fourth-order valence-electron chi connectivity index (χ4n) is 8.75. The Hall–Kier alpha value is -6.16. The van der Waals surface area contributed by atoms with E-state index in [0.29, 0.717) is 0 Å². The highest BCUT2D eigenvalue weighted by atomic mass is 32.1. The monoisotopic (exact) mass is 683 g/mol. The topological polar surface area (TPSA) is 16.4 Å². The second-order valence-corrected chi connectivity index (χ2v) is 15.6. The molecule has 11 rings (SSSR count). The van der Waals surface area contributed by atoms with Gasteiger partial charge in [-0.05, 0) is 105 Å². The molecule has 3 heteroatoms. The minimum Gasteiger partial charge on any atom is -0.456 e. The third kappa shape index (κ3) is 4.30. The van der Waals surface area contributed by atoms with Crippen LogP contribution >= 0.6 is 11.3 Å². The van der Waals surface area contributed by atoms with Gasteiger partial charge < -0.3 is 9.32 Å². The predicted octanol–water partition coefficient (Wildman–Crippen LogP) is 14.6. The maximum atomic E-state index is 6.25. The highest BCUT2D eigenvalue weighted by Crippen LogP contribution is 2.53. The number of rotatable bonds is 4. The molecule has 0 fully saturated rings. The molecule has 10 aromatic rings. The summed E-state index contributed by atoms with van der Waals surface area (Å²) in [5.41, 5.74) is 12.9. The molecule has 0 saturated heterocycles. The number of fused-ring (bicyclic) bond motifs is 11. The third-order valence-corrected chi connectivity index (χ3v) is 12.4. The molecule has 2 nitrogen and oxygen atoms in total. The van der Waals surface area contributed by atoms with E-state index >= 15 is 0 Å². The van der Waals surface area contributed by atoms with Crippen molar-refractivity contribution in [1.82, 2.24) is 0 Å². The van der Waals surface area contributed by atoms with E-state index in [1.165, 1.54) is 64.3 Å². The van der Waals surface area contributed by atoms with Gasteiger partial charge in [-0.1, -0.05) is 117 Å². The average molecular weight is 684 g/mol. The molecule has 8 aromatic carbocycles. The summed E-state index contributed by atoms with van der Waals surface area (Å²) in [7, 11) is 0. The molecule has 0 aliphatic heterocycles. The molecular weight excluding hydrogens is 651 g/mol. The first-order valence-corrected chi connectivity index (χ1v) is 18.7. The van der Waals surface area contributed by atoms with Gasteiger partial charge in [-0.2, -0.15) is 0 Å². The summed E-state index contributed by atoms with van der Waals surface area (Å²) in [4.78, 5) is 2.40. The van der Waals surface area contributed by atoms with E-state index in [9.17, 15) is 0 Å². The Morgan fingerprint density at radius 2 is 1.13 bits per heavy atom. The molecule has 2 heterocycles. The summed E-state index contributed by atoms with van der Waals surface area (Å²) >= 11 is 1.86. The van der Waals surface area contributed by atoms with Crippen molar-refractivity contribution < 1.29 is 4.42 Å². The zero-order valence-electron chi connectivity index (χ0n) is 28.9. The Kier molecular flexibility index (Phi) is 6.21. The van der Waals surface area contributed by atoms with Gasteiger partial charge in [0.05, 0.1) is 0 Å². The molecule has 0 unspecified atom stereocenters. The first-order chi connectivity index (χ1) is 25.5. The lowest BCUT2D eigenvalue weighted by molar-refractivity contribution is 0.666. The second kappa shape index (κ2) is 10.9. The van der Waals surface area contributed by atoms with Crippen molar-refractivity contribution in [2.45, 2.75) is 19.3 Å². The van der Waals surface area contributed by atoms with Crippen LogP contribution in [0.2, 0.25) is 0 Å². The standard InChI is InChI=1S/C49H33NOS/c1-49(2)43-25-21-34(28-41(43)40-24-17-31-9-3-4-10-36(31)48(40)49)50(35-22-26-45-42(29-35)37-11-5-7-13-44(37)51-45)33-19-15-30(16-20-33)32-18-23-39-38-12-6-8-14-46(38)52-47(39)27-32/h3-29H,1-2H3. The summed E-state index contributed by atoms with van der Waals surface area (Å²) < 4.78 is 8.90. The largest absolute Gasteiger partial charge is 0.456 e. The number of para-hydroxylation sites is 1. The van der Waals surface area contributed by atoms with Crippen LogP contribution in [0.3, 0.4) is 0 Å². The summed E-state index contributed by atoms with van der Waals surface area (Å²) in [5.74, 6) is 0. The fourth-order valence-corrected chi connectivity index (χ4v) is 9.90. The van der Waals surface area contributed by atoms with Crippen LogP contribution in [0.25, 0.3) is 75.1 Å². The molecule has 1 aliphatic carbocycles. The number of hydrogen-bond donors (Lipinski definition) is 0.